The second kappa shape index (κ2) is 5.28. The molecule has 0 bridgehead atoms. The van der Waals surface area contributed by atoms with Crippen LogP contribution in [0.4, 0.5) is 0 Å². The van der Waals surface area contributed by atoms with Crippen LogP contribution in [0.2, 0.25) is 0 Å². The molecule has 0 saturated heterocycles. The molecule has 0 aliphatic carbocycles. The van der Waals surface area contributed by atoms with E-state index in [9.17, 15) is 8.42 Å². The largest absolute Gasteiger partial charge is 0.215 e. The number of benzene rings is 1. The van der Waals surface area contributed by atoms with Gasteiger partial charge in [0.25, 0.3) is 0 Å². The van der Waals surface area contributed by atoms with Crippen molar-refractivity contribution in [1.29, 1.82) is 0 Å². The van der Waals surface area contributed by atoms with Crippen molar-refractivity contribution in [1.82, 2.24) is 4.72 Å². The van der Waals surface area contributed by atoms with Gasteiger partial charge in [-0.05, 0) is 25.3 Å². The Balaban J connectivity index is 2.32. The van der Waals surface area contributed by atoms with Gasteiger partial charge in [0, 0.05) is 6.54 Å². The molecular formula is C11H17NO2S. The van der Waals surface area contributed by atoms with Crippen molar-refractivity contribution in [3.05, 3.63) is 35.4 Å². The molecule has 0 saturated carbocycles. The summed E-state index contributed by atoms with van der Waals surface area (Å²) in [5.74, 6) is 0. The van der Waals surface area contributed by atoms with E-state index in [1.807, 2.05) is 6.07 Å². The van der Waals surface area contributed by atoms with E-state index >= 15 is 0 Å². The molecule has 1 aromatic rings. The summed E-state index contributed by atoms with van der Waals surface area (Å²) in [6.45, 7) is 2.56. The normalized spacial score (nSPS) is 11.6. The van der Waals surface area contributed by atoms with Gasteiger partial charge >= 0.3 is 0 Å². The minimum absolute atomic E-state index is 0.507. The van der Waals surface area contributed by atoms with E-state index in [0.29, 0.717) is 6.54 Å². The predicted octanol–water partition coefficient (Wildman–Crippen LogP) is 1.48. The number of rotatable bonds is 5. The van der Waals surface area contributed by atoms with Crippen LogP contribution in [0, 0.1) is 6.92 Å². The molecule has 0 radical (unpaired) electrons. The fraction of sp³-hybridized carbons (Fsp3) is 0.455. The van der Waals surface area contributed by atoms with E-state index in [-0.39, 0.29) is 0 Å². The highest BCUT2D eigenvalue weighted by atomic mass is 32.2. The molecule has 0 fully saturated rings. The third-order valence-electron chi connectivity index (χ3n) is 2.09. The summed E-state index contributed by atoms with van der Waals surface area (Å²) in [4.78, 5) is 0. The summed E-state index contributed by atoms with van der Waals surface area (Å²) in [7, 11) is -3.04. The average molecular weight is 227 g/mol. The van der Waals surface area contributed by atoms with Gasteiger partial charge in [-0.2, -0.15) is 0 Å². The van der Waals surface area contributed by atoms with Crippen LogP contribution in [-0.2, 0) is 16.4 Å². The molecule has 0 aliphatic heterocycles. The van der Waals surface area contributed by atoms with Gasteiger partial charge < -0.3 is 0 Å². The Bertz CT molecular complexity index is 412. The summed E-state index contributed by atoms with van der Waals surface area (Å²) < 4.78 is 24.1. The van der Waals surface area contributed by atoms with Crippen molar-refractivity contribution >= 4 is 10.0 Å². The zero-order valence-electron chi connectivity index (χ0n) is 9.16. The Morgan fingerprint density at radius 1 is 1.33 bits per heavy atom. The molecule has 0 aromatic heterocycles. The third-order valence-corrected chi connectivity index (χ3v) is 2.82. The first-order valence-electron chi connectivity index (χ1n) is 4.97. The Labute approximate surface area is 91.6 Å². The highest BCUT2D eigenvalue weighted by molar-refractivity contribution is 7.88. The van der Waals surface area contributed by atoms with Crippen LogP contribution in [0.15, 0.2) is 24.3 Å². The predicted molar refractivity (Wildman–Crippen MR) is 62.3 cm³/mol. The van der Waals surface area contributed by atoms with Crippen LogP contribution >= 0.6 is 0 Å². The lowest BCUT2D eigenvalue weighted by Crippen LogP contribution is -2.23. The van der Waals surface area contributed by atoms with Gasteiger partial charge in [0.15, 0.2) is 0 Å². The second-order valence-electron chi connectivity index (χ2n) is 3.76. The molecule has 1 N–H and O–H groups in total. The van der Waals surface area contributed by atoms with Crippen LogP contribution in [0.3, 0.4) is 0 Å². The van der Waals surface area contributed by atoms with Gasteiger partial charge in [0.1, 0.15) is 0 Å². The van der Waals surface area contributed by atoms with Crippen LogP contribution in [0.5, 0.6) is 0 Å². The maximum absolute atomic E-state index is 10.8. The van der Waals surface area contributed by atoms with Gasteiger partial charge in [-0.25, -0.2) is 13.1 Å². The van der Waals surface area contributed by atoms with E-state index in [4.69, 9.17) is 0 Å². The fourth-order valence-corrected chi connectivity index (χ4v) is 1.93. The average Bonchev–Trinajstić information content (AvgIpc) is 2.11. The van der Waals surface area contributed by atoms with Crippen LogP contribution in [0.1, 0.15) is 17.5 Å². The van der Waals surface area contributed by atoms with Crippen LogP contribution in [0.25, 0.3) is 0 Å². The molecule has 4 heteroatoms. The Morgan fingerprint density at radius 2 is 2.07 bits per heavy atom. The van der Waals surface area contributed by atoms with Gasteiger partial charge in [-0.15, -0.1) is 0 Å². The van der Waals surface area contributed by atoms with E-state index in [2.05, 4.69) is 29.8 Å². The van der Waals surface area contributed by atoms with E-state index < -0.39 is 10.0 Å². The number of nitrogens with one attached hydrogen (secondary N) is 1. The highest BCUT2D eigenvalue weighted by Crippen LogP contribution is 2.05. The van der Waals surface area contributed by atoms with E-state index in [1.54, 1.807) is 0 Å². The minimum Gasteiger partial charge on any atom is -0.215 e. The monoisotopic (exact) mass is 227 g/mol. The molecule has 0 amide bonds. The Kier molecular flexibility index (Phi) is 4.29. The molecule has 15 heavy (non-hydrogen) atoms. The van der Waals surface area contributed by atoms with Crippen molar-refractivity contribution in [3.63, 3.8) is 0 Å². The highest BCUT2D eigenvalue weighted by Gasteiger charge is 1.99. The van der Waals surface area contributed by atoms with Crippen molar-refractivity contribution in [2.24, 2.45) is 0 Å². The molecule has 1 rings (SSSR count). The van der Waals surface area contributed by atoms with Crippen molar-refractivity contribution < 1.29 is 8.42 Å². The lowest BCUT2D eigenvalue weighted by molar-refractivity contribution is 0.585. The summed E-state index contributed by atoms with van der Waals surface area (Å²) in [6, 6.07) is 8.26. The van der Waals surface area contributed by atoms with Crippen LogP contribution in [-0.4, -0.2) is 21.2 Å². The van der Waals surface area contributed by atoms with Gasteiger partial charge in [0.05, 0.1) is 6.26 Å². The quantitative estimate of drug-likeness (QED) is 0.774. The summed E-state index contributed by atoms with van der Waals surface area (Å²) in [5.41, 5.74) is 2.49. The number of hydrogen-bond acceptors (Lipinski definition) is 2. The van der Waals surface area contributed by atoms with Gasteiger partial charge in [-0.1, -0.05) is 29.8 Å². The smallest absolute Gasteiger partial charge is 0.208 e. The fourth-order valence-electron chi connectivity index (χ4n) is 1.42. The zero-order chi connectivity index (χ0) is 11.3. The van der Waals surface area contributed by atoms with E-state index in [1.165, 1.54) is 17.4 Å². The molecule has 0 heterocycles. The Hall–Kier alpha value is -0.870. The molecule has 0 aliphatic rings. The third kappa shape index (κ3) is 5.54. The molecular weight excluding hydrogens is 210 g/mol. The first-order chi connectivity index (χ1) is 6.97. The zero-order valence-corrected chi connectivity index (χ0v) is 9.97. The Morgan fingerprint density at radius 3 is 2.67 bits per heavy atom. The van der Waals surface area contributed by atoms with Crippen molar-refractivity contribution in [2.45, 2.75) is 19.8 Å². The molecule has 0 unspecified atom stereocenters. The minimum atomic E-state index is -3.04. The lowest BCUT2D eigenvalue weighted by Gasteiger charge is -2.03. The topological polar surface area (TPSA) is 46.2 Å². The standard InChI is InChI=1S/C11H17NO2S/c1-10-5-3-6-11(9-10)7-4-8-12-15(2,13)14/h3,5-6,9,12H,4,7-8H2,1-2H3. The number of hydrogen-bond donors (Lipinski definition) is 1. The van der Waals surface area contributed by atoms with E-state index in [0.717, 1.165) is 12.8 Å². The molecule has 3 nitrogen and oxygen atoms in total. The summed E-state index contributed by atoms with van der Waals surface area (Å²) in [6.07, 6.45) is 2.92. The SMILES string of the molecule is Cc1cccc(CCCNS(C)(=O)=O)c1. The maximum atomic E-state index is 10.8. The molecule has 84 valence electrons. The number of sulfonamides is 1. The van der Waals surface area contributed by atoms with Gasteiger partial charge in [-0.3, -0.25) is 0 Å². The molecule has 0 spiro atoms. The van der Waals surface area contributed by atoms with Crippen molar-refractivity contribution in [3.8, 4) is 0 Å². The maximum Gasteiger partial charge on any atom is 0.208 e. The first kappa shape index (κ1) is 12.2. The second-order valence-corrected chi connectivity index (χ2v) is 5.59. The first-order valence-corrected chi connectivity index (χ1v) is 6.87. The molecule has 1 aromatic carbocycles. The van der Waals surface area contributed by atoms with Crippen molar-refractivity contribution in [2.75, 3.05) is 12.8 Å². The lowest BCUT2D eigenvalue weighted by atomic mass is 10.1. The van der Waals surface area contributed by atoms with Gasteiger partial charge in [0.2, 0.25) is 10.0 Å². The summed E-state index contributed by atoms with van der Waals surface area (Å²) in [5, 5.41) is 0. The molecule has 0 atom stereocenters. The number of aryl methyl sites for hydroxylation is 2. The van der Waals surface area contributed by atoms with Crippen LogP contribution < -0.4 is 4.72 Å². The summed E-state index contributed by atoms with van der Waals surface area (Å²) >= 11 is 0.